The lowest BCUT2D eigenvalue weighted by atomic mass is 10.1. The van der Waals surface area contributed by atoms with E-state index in [4.69, 9.17) is 11.6 Å². The van der Waals surface area contributed by atoms with Gasteiger partial charge in [-0.1, -0.05) is 23.7 Å². The Bertz CT molecular complexity index is 572. The third-order valence-corrected chi connectivity index (χ3v) is 3.56. The average molecular weight is 329 g/mol. The Morgan fingerprint density at radius 1 is 1.22 bits per heavy atom. The van der Waals surface area contributed by atoms with Crippen LogP contribution in [0.5, 0.6) is 0 Å². The van der Waals surface area contributed by atoms with Gasteiger partial charge in [-0.15, -0.1) is 0 Å². The highest BCUT2D eigenvalue weighted by molar-refractivity contribution is 9.10. The van der Waals surface area contributed by atoms with Crippen molar-refractivity contribution < 1.29 is 4.39 Å². The summed E-state index contributed by atoms with van der Waals surface area (Å²) in [5.41, 5.74) is 2.60. The molecule has 0 atom stereocenters. The number of benzene rings is 2. The standard InChI is InChI=1S/C14H12BrClFN/c1-9-6-10(2-5-13(9)17)8-18-14-7-11(16)3-4-12(14)15/h2-7,18H,8H2,1H3. The topological polar surface area (TPSA) is 12.0 Å². The number of hydrogen-bond acceptors (Lipinski definition) is 1. The van der Waals surface area contributed by atoms with Crippen molar-refractivity contribution >= 4 is 33.2 Å². The van der Waals surface area contributed by atoms with Gasteiger partial charge in [-0.25, -0.2) is 4.39 Å². The van der Waals surface area contributed by atoms with Crippen LogP contribution in [0.2, 0.25) is 5.02 Å². The zero-order chi connectivity index (χ0) is 13.1. The lowest BCUT2D eigenvalue weighted by molar-refractivity contribution is 0.617. The minimum atomic E-state index is -0.178. The molecule has 0 spiro atoms. The zero-order valence-corrected chi connectivity index (χ0v) is 12.1. The van der Waals surface area contributed by atoms with Gasteiger partial charge in [0, 0.05) is 16.0 Å². The Hall–Kier alpha value is -1.06. The van der Waals surface area contributed by atoms with E-state index in [-0.39, 0.29) is 5.82 Å². The molecule has 1 nitrogen and oxygen atoms in total. The molecule has 0 amide bonds. The van der Waals surface area contributed by atoms with E-state index in [2.05, 4.69) is 21.2 Å². The van der Waals surface area contributed by atoms with Gasteiger partial charge in [0.2, 0.25) is 0 Å². The van der Waals surface area contributed by atoms with Crippen molar-refractivity contribution in [2.24, 2.45) is 0 Å². The van der Waals surface area contributed by atoms with E-state index in [0.717, 1.165) is 15.7 Å². The van der Waals surface area contributed by atoms with Gasteiger partial charge in [0.15, 0.2) is 0 Å². The van der Waals surface area contributed by atoms with Crippen LogP contribution >= 0.6 is 27.5 Å². The molecular weight excluding hydrogens is 317 g/mol. The van der Waals surface area contributed by atoms with E-state index < -0.39 is 0 Å². The van der Waals surface area contributed by atoms with Gasteiger partial charge in [0.1, 0.15) is 5.82 Å². The van der Waals surface area contributed by atoms with Crippen LogP contribution in [-0.4, -0.2) is 0 Å². The lowest BCUT2D eigenvalue weighted by Gasteiger charge is -2.10. The van der Waals surface area contributed by atoms with Gasteiger partial charge in [-0.05, 0) is 58.2 Å². The smallest absolute Gasteiger partial charge is 0.126 e. The van der Waals surface area contributed by atoms with Crippen LogP contribution in [0.4, 0.5) is 10.1 Å². The van der Waals surface area contributed by atoms with Crippen molar-refractivity contribution in [2.75, 3.05) is 5.32 Å². The first-order valence-electron chi connectivity index (χ1n) is 5.50. The number of nitrogens with one attached hydrogen (secondary N) is 1. The number of hydrogen-bond donors (Lipinski definition) is 1. The predicted octanol–water partition coefficient (Wildman–Crippen LogP) is 5.16. The molecule has 94 valence electrons. The van der Waals surface area contributed by atoms with E-state index >= 15 is 0 Å². The van der Waals surface area contributed by atoms with Crippen LogP contribution in [0.1, 0.15) is 11.1 Å². The molecule has 0 unspecified atom stereocenters. The summed E-state index contributed by atoms with van der Waals surface area (Å²) in [7, 11) is 0. The quantitative estimate of drug-likeness (QED) is 0.820. The fourth-order valence-corrected chi connectivity index (χ4v) is 2.21. The van der Waals surface area contributed by atoms with Gasteiger partial charge in [-0.3, -0.25) is 0 Å². The molecule has 4 heteroatoms. The Kier molecular flexibility index (Phi) is 4.25. The summed E-state index contributed by atoms with van der Waals surface area (Å²) in [5, 5.41) is 3.94. The molecule has 18 heavy (non-hydrogen) atoms. The third-order valence-electron chi connectivity index (χ3n) is 2.63. The summed E-state index contributed by atoms with van der Waals surface area (Å²) >= 11 is 9.38. The second kappa shape index (κ2) is 5.72. The number of rotatable bonds is 3. The van der Waals surface area contributed by atoms with Crippen molar-refractivity contribution in [1.82, 2.24) is 0 Å². The van der Waals surface area contributed by atoms with Gasteiger partial charge in [-0.2, -0.15) is 0 Å². The van der Waals surface area contributed by atoms with Crippen molar-refractivity contribution in [3.8, 4) is 0 Å². The SMILES string of the molecule is Cc1cc(CNc2cc(Cl)ccc2Br)ccc1F. The molecule has 0 aromatic heterocycles. The maximum Gasteiger partial charge on any atom is 0.126 e. The summed E-state index contributed by atoms with van der Waals surface area (Å²) < 4.78 is 14.1. The van der Waals surface area contributed by atoms with Crippen LogP contribution in [0.25, 0.3) is 0 Å². The molecule has 0 saturated heterocycles. The van der Waals surface area contributed by atoms with Crippen LogP contribution in [-0.2, 0) is 6.54 Å². The lowest BCUT2D eigenvalue weighted by Crippen LogP contribution is -2.00. The van der Waals surface area contributed by atoms with Crippen LogP contribution in [0, 0.1) is 12.7 Å². The van der Waals surface area contributed by atoms with Gasteiger partial charge < -0.3 is 5.32 Å². The van der Waals surface area contributed by atoms with E-state index in [1.54, 1.807) is 13.0 Å². The van der Waals surface area contributed by atoms with Crippen molar-refractivity contribution in [1.29, 1.82) is 0 Å². The van der Waals surface area contributed by atoms with Crippen LogP contribution in [0.15, 0.2) is 40.9 Å². The van der Waals surface area contributed by atoms with Crippen molar-refractivity contribution in [3.63, 3.8) is 0 Å². The van der Waals surface area contributed by atoms with Gasteiger partial charge >= 0.3 is 0 Å². The first kappa shape index (κ1) is 13.4. The minimum absolute atomic E-state index is 0.178. The van der Waals surface area contributed by atoms with E-state index in [9.17, 15) is 4.39 Å². The summed E-state index contributed by atoms with van der Waals surface area (Å²) in [6, 6.07) is 10.6. The van der Waals surface area contributed by atoms with Crippen molar-refractivity contribution in [3.05, 3.63) is 62.8 Å². The molecule has 0 heterocycles. The molecule has 0 aliphatic heterocycles. The number of anilines is 1. The monoisotopic (exact) mass is 327 g/mol. The molecule has 0 aliphatic carbocycles. The molecule has 1 N–H and O–H groups in total. The summed E-state index contributed by atoms with van der Waals surface area (Å²) in [6.07, 6.45) is 0. The van der Waals surface area contributed by atoms with Crippen LogP contribution in [0.3, 0.4) is 0 Å². The molecule has 0 saturated carbocycles. The molecule has 0 fully saturated rings. The Morgan fingerprint density at radius 2 is 2.00 bits per heavy atom. The highest BCUT2D eigenvalue weighted by Gasteiger charge is 2.02. The first-order chi connectivity index (χ1) is 8.56. The highest BCUT2D eigenvalue weighted by Crippen LogP contribution is 2.26. The molecule has 0 radical (unpaired) electrons. The number of aryl methyl sites for hydroxylation is 1. The summed E-state index contributed by atoms with van der Waals surface area (Å²) in [6.45, 7) is 2.38. The maximum absolute atomic E-state index is 13.1. The van der Waals surface area contributed by atoms with E-state index in [1.165, 1.54) is 6.07 Å². The first-order valence-corrected chi connectivity index (χ1v) is 6.67. The Labute approximate surface area is 119 Å². The second-order valence-corrected chi connectivity index (χ2v) is 5.35. The Morgan fingerprint density at radius 3 is 2.72 bits per heavy atom. The fourth-order valence-electron chi connectivity index (χ4n) is 1.65. The Balaban J connectivity index is 2.11. The maximum atomic E-state index is 13.1. The molecule has 0 bridgehead atoms. The third kappa shape index (κ3) is 3.24. The van der Waals surface area contributed by atoms with Gasteiger partial charge in [0.05, 0.1) is 5.69 Å². The van der Waals surface area contributed by atoms with Crippen molar-refractivity contribution in [2.45, 2.75) is 13.5 Å². The number of halogens is 3. The van der Waals surface area contributed by atoms with Crippen LogP contribution < -0.4 is 5.32 Å². The molecule has 2 aromatic rings. The molecule has 0 aliphatic rings. The molecule has 2 aromatic carbocycles. The molecular formula is C14H12BrClFN. The zero-order valence-electron chi connectivity index (χ0n) is 9.81. The normalized spacial score (nSPS) is 10.4. The summed E-state index contributed by atoms with van der Waals surface area (Å²) in [4.78, 5) is 0. The second-order valence-electron chi connectivity index (χ2n) is 4.06. The minimum Gasteiger partial charge on any atom is -0.380 e. The average Bonchev–Trinajstić information content (AvgIpc) is 2.34. The molecule has 2 rings (SSSR count). The van der Waals surface area contributed by atoms with Gasteiger partial charge in [0.25, 0.3) is 0 Å². The van der Waals surface area contributed by atoms with E-state index in [1.807, 2.05) is 24.3 Å². The predicted molar refractivity (Wildman–Crippen MR) is 77.6 cm³/mol. The highest BCUT2D eigenvalue weighted by atomic mass is 79.9. The fraction of sp³-hybridized carbons (Fsp3) is 0.143. The van der Waals surface area contributed by atoms with E-state index in [0.29, 0.717) is 17.1 Å². The summed E-state index contributed by atoms with van der Waals surface area (Å²) in [5.74, 6) is -0.178. The largest absolute Gasteiger partial charge is 0.380 e.